The Hall–Kier alpha value is -1.78. The summed E-state index contributed by atoms with van der Waals surface area (Å²) in [5, 5.41) is 0.940. The summed E-state index contributed by atoms with van der Waals surface area (Å²) in [5.74, 6) is 1.61. The molecule has 0 fully saturated rings. The molecule has 0 atom stereocenters. The first kappa shape index (κ1) is 20.5. The molecule has 0 N–H and O–H groups in total. The standard InChI is InChI=1S/C20H25Cl2N3O/c1-12(2)15-10-18(26-14-7-8-16(21)17(22)9-14)24-19(13(3)4)20(15)23-11-25(5)6/h7-13H,1-6H3/b23-11+. The molecule has 0 aliphatic heterocycles. The van der Waals surface area contributed by atoms with Gasteiger partial charge in [0.1, 0.15) is 5.75 Å². The van der Waals surface area contributed by atoms with E-state index in [4.69, 9.17) is 32.9 Å². The van der Waals surface area contributed by atoms with Crippen LogP contribution >= 0.6 is 23.2 Å². The number of nitrogens with zero attached hydrogens (tertiary/aromatic N) is 3. The first-order chi connectivity index (χ1) is 12.2. The molecule has 0 aliphatic carbocycles. The van der Waals surface area contributed by atoms with Crippen molar-refractivity contribution in [2.45, 2.75) is 39.5 Å². The van der Waals surface area contributed by atoms with Crippen LogP contribution in [-0.2, 0) is 0 Å². The number of aliphatic imine (C=N–C) groups is 1. The minimum Gasteiger partial charge on any atom is -0.439 e. The van der Waals surface area contributed by atoms with Gasteiger partial charge in [-0.2, -0.15) is 0 Å². The van der Waals surface area contributed by atoms with Crippen LogP contribution in [0.3, 0.4) is 0 Å². The largest absolute Gasteiger partial charge is 0.439 e. The van der Waals surface area contributed by atoms with E-state index in [-0.39, 0.29) is 11.8 Å². The van der Waals surface area contributed by atoms with Gasteiger partial charge in [-0.3, -0.25) is 0 Å². The maximum atomic E-state index is 6.08. The van der Waals surface area contributed by atoms with E-state index < -0.39 is 0 Å². The highest BCUT2D eigenvalue weighted by Crippen LogP contribution is 2.37. The van der Waals surface area contributed by atoms with Crippen LogP contribution in [0.5, 0.6) is 11.6 Å². The van der Waals surface area contributed by atoms with Gasteiger partial charge in [0.2, 0.25) is 5.88 Å². The van der Waals surface area contributed by atoms with Crippen molar-refractivity contribution in [2.24, 2.45) is 4.99 Å². The molecule has 6 heteroatoms. The summed E-state index contributed by atoms with van der Waals surface area (Å²) in [4.78, 5) is 11.3. The molecule has 26 heavy (non-hydrogen) atoms. The lowest BCUT2D eigenvalue weighted by molar-refractivity contribution is 0.458. The fourth-order valence-electron chi connectivity index (χ4n) is 2.42. The van der Waals surface area contributed by atoms with Crippen LogP contribution in [-0.4, -0.2) is 30.3 Å². The molecule has 0 radical (unpaired) electrons. The highest BCUT2D eigenvalue weighted by Gasteiger charge is 2.18. The van der Waals surface area contributed by atoms with E-state index in [9.17, 15) is 0 Å². The van der Waals surface area contributed by atoms with Crippen molar-refractivity contribution in [1.82, 2.24) is 9.88 Å². The zero-order valence-corrected chi connectivity index (χ0v) is 17.6. The van der Waals surface area contributed by atoms with Gasteiger partial charge >= 0.3 is 0 Å². The molecular formula is C20H25Cl2N3O. The predicted octanol–water partition coefficient (Wildman–Crippen LogP) is 6.65. The molecule has 140 valence electrons. The van der Waals surface area contributed by atoms with Crippen molar-refractivity contribution >= 4 is 35.2 Å². The molecule has 0 aliphatic rings. The Balaban J connectivity index is 2.52. The molecule has 1 heterocycles. The van der Waals surface area contributed by atoms with E-state index in [1.165, 1.54) is 0 Å². The number of halogens is 2. The fourth-order valence-corrected chi connectivity index (χ4v) is 2.71. The molecule has 0 amide bonds. The van der Waals surface area contributed by atoms with Crippen LogP contribution in [0.25, 0.3) is 0 Å². The average Bonchev–Trinajstić information content (AvgIpc) is 2.55. The Morgan fingerprint density at radius 2 is 1.73 bits per heavy atom. The van der Waals surface area contributed by atoms with Crippen LogP contribution < -0.4 is 4.74 Å². The molecule has 0 unspecified atom stereocenters. The maximum Gasteiger partial charge on any atom is 0.219 e. The molecule has 0 saturated heterocycles. The van der Waals surface area contributed by atoms with Crippen LogP contribution in [0.4, 0.5) is 5.69 Å². The van der Waals surface area contributed by atoms with E-state index in [0.29, 0.717) is 21.7 Å². The third kappa shape index (κ3) is 5.12. The zero-order valence-electron chi connectivity index (χ0n) is 16.0. The smallest absolute Gasteiger partial charge is 0.219 e. The van der Waals surface area contributed by atoms with Crippen molar-refractivity contribution in [3.05, 3.63) is 45.6 Å². The van der Waals surface area contributed by atoms with Gasteiger partial charge in [-0.25, -0.2) is 9.98 Å². The van der Waals surface area contributed by atoms with E-state index in [1.54, 1.807) is 24.5 Å². The molecule has 2 aromatic rings. The lowest BCUT2D eigenvalue weighted by atomic mass is 9.97. The predicted molar refractivity (Wildman–Crippen MR) is 111 cm³/mol. The second kappa shape index (κ2) is 8.74. The number of hydrogen-bond acceptors (Lipinski definition) is 3. The number of rotatable bonds is 6. The van der Waals surface area contributed by atoms with Gasteiger partial charge in [-0.15, -0.1) is 0 Å². The minimum atomic E-state index is 0.208. The molecule has 0 saturated carbocycles. The van der Waals surface area contributed by atoms with Gasteiger partial charge < -0.3 is 9.64 Å². The summed E-state index contributed by atoms with van der Waals surface area (Å²) < 4.78 is 5.96. The summed E-state index contributed by atoms with van der Waals surface area (Å²) >= 11 is 12.1. The molecular weight excluding hydrogens is 369 g/mol. The third-order valence-corrected chi connectivity index (χ3v) is 4.46. The van der Waals surface area contributed by atoms with Crippen molar-refractivity contribution < 1.29 is 4.74 Å². The maximum absolute atomic E-state index is 6.08. The van der Waals surface area contributed by atoms with E-state index >= 15 is 0 Å². The first-order valence-electron chi connectivity index (χ1n) is 8.57. The Morgan fingerprint density at radius 1 is 1.04 bits per heavy atom. The lowest BCUT2D eigenvalue weighted by Crippen LogP contribution is -2.08. The van der Waals surface area contributed by atoms with Gasteiger partial charge in [0.05, 0.1) is 27.8 Å². The Morgan fingerprint density at radius 3 is 2.27 bits per heavy atom. The van der Waals surface area contributed by atoms with Gasteiger partial charge in [-0.05, 0) is 29.5 Å². The second-order valence-corrected chi connectivity index (χ2v) is 7.79. The van der Waals surface area contributed by atoms with Crippen molar-refractivity contribution in [2.75, 3.05) is 14.1 Å². The third-order valence-electron chi connectivity index (χ3n) is 3.73. The summed E-state index contributed by atoms with van der Waals surface area (Å²) in [6.45, 7) is 8.47. The Labute approximate surface area is 165 Å². The summed E-state index contributed by atoms with van der Waals surface area (Å²) in [5.41, 5.74) is 2.91. The number of aromatic nitrogens is 1. The quantitative estimate of drug-likeness (QED) is 0.407. The normalized spacial score (nSPS) is 11.6. The highest BCUT2D eigenvalue weighted by molar-refractivity contribution is 6.42. The molecule has 1 aromatic carbocycles. The van der Waals surface area contributed by atoms with Gasteiger partial charge in [0.15, 0.2) is 0 Å². The minimum absolute atomic E-state index is 0.208. The number of pyridine rings is 1. The van der Waals surface area contributed by atoms with Crippen LogP contribution in [0.2, 0.25) is 10.0 Å². The van der Waals surface area contributed by atoms with Gasteiger partial charge in [-0.1, -0.05) is 50.9 Å². The topological polar surface area (TPSA) is 37.7 Å². The fraction of sp³-hybridized carbons (Fsp3) is 0.400. The van der Waals surface area contributed by atoms with E-state index in [1.807, 2.05) is 25.1 Å². The van der Waals surface area contributed by atoms with E-state index in [2.05, 4.69) is 32.7 Å². The van der Waals surface area contributed by atoms with Crippen LogP contribution in [0, 0.1) is 0 Å². The number of ether oxygens (including phenoxy) is 1. The van der Waals surface area contributed by atoms with Crippen LogP contribution in [0.1, 0.15) is 50.8 Å². The summed E-state index contributed by atoms with van der Waals surface area (Å²) in [6, 6.07) is 7.12. The molecule has 2 rings (SSSR count). The SMILES string of the molecule is CC(C)c1cc(Oc2ccc(Cl)c(Cl)c2)nc(C(C)C)c1/N=C/N(C)C. The van der Waals surface area contributed by atoms with E-state index in [0.717, 1.165) is 16.9 Å². The van der Waals surface area contributed by atoms with Gasteiger partial charge in [0, 0.05) is 26.2 Å². The summed E-state index contributed by atoms with van der Waals surface area (Å²) in [7, 11) is 3.89. The van der Waals surface area contributed by atoms with Crippen LogP contribution in [0.15, 0.2) is 29.3 Å². The number of benzene rings is 1. The Kier molecular flexibility index (Phi) is 6.90. The van der Waals surface area contributed by atoms with Crippen molar-refractivity contribution in [1.29, 1.82) is 0 Å². The second-order valence-electron chi connectivity index (χ2n) is 6.98. The first-order valence-corrected chi connectivity index (χ1v) is 9.33. The molecule has 0 spiro atoms. The van der Waals surface area contributed by atoms with Gasteiger partial charge in [0.25, 0.3) is 0 Å². The monoisotopic (exact) mass is 393 g/mol. The molecule has 4 nitrogen and oxygen atoms in total. The summed E-state index contributed by atoms with van der Waals surface area (Å²) in [6.07, 6.45) is 1.80. The zero-order chi connectivity index (χ0) is 19.4. The van der Waals surface area contributed by atoms with Crippen molar-refractivity contribution in [3.63, 3.8) is 0 Å². The average molecular weight is 394 g/mol. The lowest BCUT2D eigenvalue weighted by Gasteiger charge is -2.18. The molecule has 0 bridgehead atoms. The highest BCUT2D eigenvalue weighted by atomic mass is 35.5. The number of hydrogen-bond donors (Lipinski definition) is 0. The molecule has 1 aromatic heterocycles. The van der Waals surface area contributed by atoms with Crippen molar-refractivity contribution in [3.8, 4) is 11.6 Å². The Bertz CT molecular complexity index is 773.